The van der Waals surface area contributed by atoms with Gasteiger partial charge in [-0.3, -0.25) is 47.9 Å². The SMILES string of the molecule is C=Cc1c(O)cccc1OC[C@@H]1CCCCCN1C(=O)c1cccc(O)c1C=O.C=Cc1c(O)cccc1OC[C@@H]1CCCCCN1C(=O)c1ccccc1C=O.C=Cc1c(O)cccc1OC[C@@H]1CCCCN1C(=O)c1cccc(OC(C)C)c1C=O.C=Cc1c(O)cccc1OC[C@@H]1CCCCN1C(=O)c1cccc(OCC)c1C=O.C=Cc1c(O)cccc1OC[C@@H]1COCCN1C(=O)c1ccccc1C=O. The van der Waals surface area contributed by atoms with Crippen molar-refractivity contribution in [1.82, 2.24) is 24.5 Å². The zero-order valence-electron chi connectivity index (χ0n) is 82.1. The van der Waals surface area contributed by atoms with Gasteiger partial charge in [0.1, 0.15) is 108 Å². The lowest BCUT2D eigenvalue weighted by molar-refractivity contribution is -0.0151. The number of ether oxygens (including phenoxy) is 8. The lowest BCUT2D eigenvalue weighted by Gasteiger charge is -2.36. The number of likely N-dealkylation sites (tertiary alicyclic amines) is 4. The van der Waals surface area contributed by atoms with Gasteiger partial charge >= 0.3 is 0 Å². The third-order valence-electron chi connectivity index (χ3n) is 25.5. The van der Waals surface area contributed by atoms with Gasteiger partial charge in [-0.1, -0.05) is 174 Å². The number of hydrogen-bond acceptors (Lipinski definition) is 24. The first-order valence-corrected chi connectivity index (χ1v) is 48.7. The monoisotopic (exact) mass is 1970 g/mol. The van der Waals surface area contributed by atoms with Gasteiger partial charge in [0, 0.05) is 43.9 Å². The number of piperidine rings is 2. The number of amides is 5. The highest BCUT2D eigenvalue weighted by molar-refractivity contribution is 6.06. The van der Waals surface area contributed by atoms with Crippen molar-refractivity contribution in [2.24, 2.45) is 0 Å². The van der Waals surface area contributed by atoms with Crippen molar-refractivity contribution in [2.75, 3.05) is 85.6 Å². The summed E-state index contributed by atoms with van der Waals surface area (Å²) in [6.07, 6.45) is 23.7. The topological polar surface area (TPSA) is 382 Å². The van der Waals surface area contributed by atoms with E-state index in [1.807, 2.05) is 25.7 Å². The van der Waals surface area contributed by atoms with E-state index >= 15 is 0 Å². The maximum Gasteiger partial charge on any atom is 0.255 e. The van der Waals surface area contributed by atoms with E-state index in [9.17, 15) is 78.6 Å². The molecule has 0 unspecified atom stereocenters. The number of phenolic OH excluding ortho intramolecular Hbond substituents is 6. The largest absolute Gasteiger partial charge is 0.507 e. The molecule has 6 N–H and O–H groups in total. The second kappa shape index (κ2) is 55.4. The van der Waals surface area contributed by atoms with Crippen molar-refractivity contribution in [2.45, 2.75) is 147 Å². The fraction of sp³-hybridized carbons (Fsp3) is 0.310. The highest BCUT2D eigenvalue weighted by Gasteiger charge is 2.37. The van der Waals surface area contributed by atoms with Crippen LogP contribution < -0.4 is 33.2 Å². The Morgan fingerprint density at radius 1 is 0.303 bits per heavy atom. The molecule has 0 spiro atoms. The maximum absolute atomic E-state index is 13.4. The lowest BCUT2D eigenvalue weighted by atomic mass is 9.99. The Labute approximate surface area is 845 Å². The summed E-state index contributed by atoms with van der Waals surface area (Å²) in [5.41, 5.74) is 5.57. The zero-order valence-corrected chi connectivity index (χ0v) is 82.1. The Bertz CT molecular complexity index is 6210. The van der Waals surface area contributed by atoms with E-state index in [2.05, 4.69) is 32.9 Å². The summed E-state index contributed by atoms with van der Waals surface area (Å²) in [7, 11) is 0. The summed E-state index contributed by atoms with van der Waals surface area (Å²) in [5, 5.41) is 59.8. The van der Waals surface area contributed by atoms with Gasteiger partial charge in [-0.25, -0.2) is 0 Å². The molecule has 5 heterocycles. The Morgan fingerprint density at radius 3 is 0.876 bits per heavy atom. The van der Waals surface area contributed by atoms with Gasteiger partial charge in [-0.05, 0) is 194 Å². The van der Waals surface area contributed by atoms with Crippen molar-refractivity contribution in [3.8, 4) is 74.7 Å². The highest BCUT2D eigenvalue weighted by Crippen LogP contribution is 2.38. The number of rotatable bonds is 34. The quantitative estimate of drug-likeness (QED) is 0.0204. The molecule has 15 rings (SSSR count). The van der Waals surface area contributed by atoms with Crippen LogP contribution in [0.4, 0.5) is 0 Å². The Hall–Kier alpha value is -16.0. The lowest BCUT2D eigenvalue weighted by Crippen LogP contribution is -2.51. The van der Waals surface area contributed by atoms with Crippen LogP contribution in [-0.2, 0) is 4.74 Å². The molecule has 145 heavy (non-hydrogen) atoms. The molecule has 0 bridgehead atoms. The number of aromatic hydroxyl groups is 6. The maximum atomic E-state index is 13.4. The van der Waals surface area contributed by atoms with E-state index in [0.29, 0.717) is 186 Å². The molecule has 5 amide bonds. The third kappa shape index (κ3) is 28.5. The fourth-order valence-corrected chi connectivity index (χ4v) is 18.0. The predicted octanol–water partition coefficient (Wildman–Crippen LogP) is 20.1. The van der Waals surface area contributed by atoms with Crippen LogP contribution in [0.15, 0.2) is 227 Å². The molecule has 0 aromatic heterocycles. The minimum absolute atomic E-state index is 0.00309. The number of phenols is 6. The van der Waals surface area contributed by atoms with Crippen LogP contribution in [0.25, 0.3) is 30.4 Å². The molecular weight excluding hydrogens is 1850 g/mol. The van der Waals surface area contributed by atoms with Gasteiger partial charge in [0.25, 0.3) is 29.5 Å². The van der Waals surface area contributed by atoms with Crippen LogP contribution in [0.3, 0.4) is 0 Å². The van der Waals surface area contributed by atoms with E-state index in [0.717, 1.165) is 96.2 Å². The molecule has 10 aromatic rings. The number of carbonyl (C=O) groups excluding carboxylic acids is 10. The van der Waals surface area contributed by atoms with Crippen molar-refractivity contribution in [3.63, 3.8) is 0 Å². The van der Waals surface area contributed by atoms with E-state index in [1.165, 1.54) is 18.2 Å². The summed E-state index contributed by atoms with van der Waals surface area (Å²) in [6.45, 7) is 29.5. The molecule has 0 aliphatic carbocycles. The number of morpholine rings is 1. The zero-order chi connectivity index (χ0) is 104. The van der Waals surface area contributed by atoms with Crippen LogP contribution in [0, 0.1) is 0 Å². The van der Waals surface area contributed by atoms with Crippen LogP contribution in [0.5, 0.6) is 74.7 Å². The van der Waals surface area contributed by atoms with Crippen LogP contribution in [0.1, 0.15) is 242 Å². The molecular formula is C116H127N5O24. The number of aldehydes is 5. The van der Waals surface area contributed by atoms with E-state index < -0.39 is 0 Å². The number of hydrogen-bond donors (Lipinski definition) is 6. The van der Waals surface area contributed by atoms with E-state index in [-0.39, 0.29) is 149 Å². The minimum Gasteiger partial charge on any atom is -0.507 e. The molecule has 29 heteroatoms. The van der Waals surface area contributed by atoms with Gasteiger partial charge < -0.3 is 93.0 Å². The summed E-state index contributed by atoms with van der Waals surface area (Å²) >= 11 is 0. The Morgan fingerprint density at radius 2 is 0.559 bits per heavy atom. The molecule has 5 saturated heterocycles. The van der Waals surface area contributed by atoms with Gasteiger partial charge in [-0.15, -0.1) is 0 Å². The van der Waals surface area contributed by atoms with Gasteiger partial charge in [0.2, 0.25) is 0 Å². The molecule has 0 saturated carbocycles. The summed E-state index contributed by atoms with van der Waals surface area (Å²) in [4.78, 5) is 132. The van der Waals surface area contributed by atoms with Crippen LogP contribution in [0.2, 0.25) is 0 Å². The number of carbonyl (C=O) groups is 10. The third-order valence-corrected chi connectivity index (χ3v) is 25.5. The predicted molar refractivity (Wildman–Crippen MR) is 556 cm³/mol. The van der Waals surface area contributed by atoms with E-state index in [1.54, 1.807) is 226 Å². The first kappa shape index (κ1) is 109. The molecule has 5 aliphatic heterocycles. The molecule has 760 valence electrons. The van der Waals surface area contributed by atoms with Gasteiger partial charge in [0.05, 0.1) is 128 Å². The molecule has 5 atom stereocenters. The minimum atomic E-state index is -0.314. The summed E-state index contributed by atoms with van der Waals surface area (Å²) in [5.74, 6) is 2.60. The summed E-state index contributed by atoms with van der Waals surface area (Å²) in [6, 6.07) is 52.5. The highest BCUT2D eigenvalue weighted by atomic mass is 16.5. The molecule has 10 aromatic carbocycles. The summed E-state index contributed by atoms with van der Waals surface area (Å²) < 4.78 is 46.5. The Balaban J connectivity index is 0.000000173. The molecule has 5 aliphatic rings. The van der Waals surface area contributed by atoms with E-state index in [4.69, 9.17) is 37.9 Å². The molecule has 0 radical (unpaired) electrons. The van der Waals surface area contributed by atoms with Crippen molar-refractivity contribution < 1.29 is 116 Å². The normalized spacial score (nSPS) is 16.4. The standard InChI is InChI=1S/C25H29NO5.C24H27NO5.C23H25NO5.C23H25NO4.C21H21NO5/c1-4-19-22(28)11-8-12-23(19)30-16-18-9-5-6-14-26(18)25(29)20-10-7-13-24(21(20)15-27)31-17(2)3;1-3-18-21(27)11-8-13-22(18)30-16-17-9-5-6-14-25(17)24(28)19-10-7-12-23(29-4-2)20(19)15-26;1-2-17-20(26)11-7-12-22(17)29-15-16-8-4-3-5-13-24(16)23(28)18-9-6-10-21(27)19(18)14-25;1-2-19-21(26)12-8-13-22(19)28-16-18-10-4-3-7-14-24(18)23(27)20-11-6-5-9-17(20)15-25;1-2-17-19(24)8-5-9-20(17)27-14-16-13-26-11-10-22(16)21(25)18-7-4-3-6-15(18)12-23/h4,7-8,10-13,15,17-18,28H,1,5-6,9,14,16H2,2-3H3;3,7-8,10-13,15,17,27H,1,4-6,9,14,16H2,2H3;2,6-7,9-12,14,16,26-27H,1,3-5,8,13,15H2;2,5-6,8-9,11-13,15,18,26H,1,3-4,7,10,14,16H2;2-9,12,16,24H,1,10-11,13-14H2/t18-;17-;16-;18-;16-/m00000/s1. The average Bonchev–Trinajstić information content (AvgIpc) is 1.73. The molecule has 5 fully saturated rings. The van der Waals surface area contributed by atoms with Crippen molar-refractivity contribution in [1.29, 1.82) is 0 Å². The first-order valence-electron chi connectivity index (χ1n) is 48.7. The van der Waals surface area contributed by atoms with Crippen LogP contribution >= 0.6 is 0 Å². The number of nitrogens with zero attached hydrogens (tertiary/aromatic N) is 5. The van der Waals surface area contributed by atoms with Crippen molar-refractivity contribution in [3.05, 3.63) is 310 Å². The fourth-order valence-electron chi connectivity index (χ4n) is 18.0. The number of benzene rings is 10. The second-order valence-corrected chi connectivity index (χ2v) is 35.1. The van der Waals surface area contributed by atoms with Crippen LogP contribution in [-0.4, -0.2) is 238 Å². The molecule has 29 nitrogen and oxygen atoms in total. The average molecular weight is 1980 g/mol. The first-order chi connectivity index (χ1) is 70.4. The second-order valence-electron chi connectivity index (χ2n) is 35.1. The van der Waals surface area contributed by atoms with Gasteiger partial charge in [-0.2, -0.15) is 0 Å². The van der Waals surface area contributed by atoms with Crippen molar-refractivity contribution >= 4 is 91.3 Å². The Kier molecular flexibility index (Phi) is 41.8. The smallest absolute Gasteiger partial charge is 0.255 e. The van der Waals surface area contributed by atoms with Gasteiger partial charge in [0.15, 0.2) is 31.4 Å².